The molecule has 9 heteroatoms. The van der Waals surface area contributed by atoms with Gasteiger partial charge in [-0.25, -0.2) is 9.37 Å². The van der Waals surface area contributed by atoms with Gasteiger partial charge in [0.2, 0.25) is 0 Å². The van der Waals surface area contributed by atoms with Crippen molar-refractivity contribution in [1.82, 2.24) is 4.98 Å². The van der Waals surface area contributed by atoms with Gasteiger partial charge in [0.25, 0.3) is 5.78 Å². The second kappa shape index (κ2) is 10.5. The molecular formula is C29H23FN2O5S. The molecule has 38 heavy (non-hydrogen) atoms. The van der Waals surface area contributed by atoms with E-state index in [1.54, 1.807) is 54.6 Å². The van der Waals surface area contributed by atoms with Gasteiger partial charge < -0.3 is 14.6 Å². The average molecular weight is 531 g/mol. The molecule has 0 aliphatic carbocycles. The Balaban J connectivity index is 1.65. The average Bonchev–Trinajstić information content (AvgIpc) is 3.45. The Kier molecular flexibility index (Phi) is 6.93. The molecule has 0 bridgehead atoms. The molecule has 0 saturated carbocycles. The zero-order valence-corrected chi connectivity index (χ0v) is 21.2. The lowest BCUT2D eigenvalue weighted by Crippen LogP contribution is -2.29. The fraction of sp³-hybridized carbons (Fsp3) is 0.138. The summed E-state index contributed by atoms with van der Waals surface area (Å²) < 4.78 is 25.4. The Morgan fingerprint density at radius 2 is 1.76 bits per heavy atom. The number of benzene rings is 3. The summed E-state index contributed by atoms with van der Waals surface area (Å²) in [5, 5.41) is 11.5. The van der Waals surface area contributed by atoms with Crippen molar-refractivity contribution in [2.45, 2.75) is 13.0 Å². The highest BCUT2D eigenvalue weighted by Gasteiger charge is 2.48. The molecule has 1 fully saturated rings. The molecule has 1 aliphatic heterocycles. The number of thiazole rings is 1. The number of nitrogens with zero attached hydrogens (tertiary/aromatic N) is 2. The van der Waals surface area contributed by atoms with Crippen molar-refractivity contribution < 1.29 is 28.6 Å². The number of ether oxygens (including phenoxy) is 2. The maximum absolute atomic E-state index is 13.8. The first kappa shape index (κ1) is 25.2. The molecule has 1 atom stereocenters. The Morgan fingerprint density at radius 1 is 1.08 bits per heavy atom. The number of carbonyl (C=O) groups is 2. The number of carbonyl (C=O) groups excluding carboxylic acids is 2. The lowest BCUT2D eigenvalue weighted by molar-refractivity contribution is -0.132. The largest absolute Gasteiger partial charge is 0.507 e. The summed E-state index contributed by atoms with van der Waals surface area (Å²) in [4.78, 5) is 32.5. The van der Waals surface area contributed by atoms with Crippen molar-refractivity contribution >= 4 is 44.1 Å². The van der Waals surface area contributed by atoms with E-state index in [-0.39, 0.29) is 16.5 Å². The number of Topliss-reactive ketones (excluding diaryl/α,β-unsaturated/α-hetero) is 1. The number of ketones is 1. The van der Waals surface area contributed by atoms with Crippen LogP contribution in [0.2, 0.25) is 0 Å². The predicted molar refractivity (Wildman–Crippen MR) is 144 cm³/mol. The highest BCUT2D eigenvalue weighted by Crippen LogP contribution is 2.44. The van der Waals surface area contributed by atoms with Crippen LogP contribution in [0, 0.1) is 5.82 Å². The summed E-state index contributed by atoms with van der Waals surface area (Å²) >= 11 is 1.09. The molecule has 1 saturated heterocycles. The molecule has 1 N–H and O–H groups in total. The molecule has 1 aromatic heterocycles. The number of halogens is 1. The molecular weight excluding hydrogens is 507 g/mol. The van der Waals surface area contributed by atoms with Crippen LogP contribution in [0.4, 0.5) is 9.52 Å². The summed E-state index contributed by atoms with van der Waals surface area (Å²) in [5.74, 6) is -1.26. The van der Waals surface area contributed by atoms with Gasteiger partial charge >= 0.3 is 5.91 Å². The van der Waals surface area contributed by atoms with Crippen molar-refractivity contribution in [2.24, 2.45) is 0 Å². The van der Waals surface area contributed by atoms with Crippen LogP contribution in [0.5, 0.6) is 11.5 Å². The zero-order chi connectivity index (χ0) is 26.8. The first-order valence-corrected chi connectivity index (χ1v) is 12.7. The maximum Gasteiger partial charge on any atom is 0.301 e. The summed E-state index contributed by atoms with van der Waals surface area (Å²) in [5.41, 5.74) is 1.33. The summed E-state index contributed by atoms with van der Waals surface area (Å²) in [6, 6.07) is 16.6. The minimum absolute atomic E-state index is 0.0793. The van der Waals surface area contributed by atoms with Gasteiger partial charge in [-0.05, 0) is 67.1 Å². The number of fused-ring (bicyclic) bond motifs is 1. The topological polar surface area (TPSA) is 89.0 Å². The molecule has 5 rings (SSSR count). The number of aliphatic hydroxyl groups is 1. The fourth-order valence-corrected chi connectivity index (χ4v) is 5.28. The summed E-state index contributed by atoms with van der Waals surface area (Å²) in [6.07, 6.45) is 1.62. The monoisotopic (exact) mass is 530 g/mol. The van der Waals surface area contributed by atoms with Gasteiger partial charge in [-0.1, -0.05) is 36.1 Å². The summed E-state index contributed by atoms with van der Waals surface area (Å²) in [6.45, 7) is 6.30. The lowest BCUT2D eigenvalue weighted by atomic mass is 9.95. The van der Waals surface area contributed by atoms with Crippen LogP contribution >= 0.6 is 11.3 Å². The predicted octanol–water partition coefficient (Wildman–Crippen LogP) is 6.03. The number of hydrogen-bond acceptors (Lipinski definition) is 7. The minimum Gasteiger partial charge on any atom is -0.507 e. The van der Waals surface area contributed by atoms with Gasteiger partial charge in [-0.3, -0.25) is 14.5 Å². The molecule has 7 nitrogen and oxygen atoms in total. The van der Waals surface area contributed by atoms with Crippen LogP contribution < -0.4 is 14.4 Å². The normalized spacial score (nSPS) is 16.7. The van der Waals surface area contributed by atoms with E-state index in [9.17, 15) is 19.1 Å². The van der Waals surface area contributed by atoms with Gasteiger partial charge in [0, 0.05) is 5.56 Å². The van der Waals surface area contributed by atoms with E-state index in [0.717, 1.165) is 11.3 Å². The van der Waals surface area contributed by atoms with Crippen molar-refractivity contribution in [3.05, 3.63) is 102 Å². The molecule has 192 valence electrons. The SMILES string of the molecule is C=CCOc1ccc(C2/C(=C(\O)c3ccc(OCC)cc3)C(=O)C(=O)N2c2nc3ccc(F)cc3s2)cc1. The number of aromatic nitrogens is 1. The number of amides is 1. The maximum atomic E-state index is 13.8. The van der Waals surface area contributed by atoms with E-state index in [4.69, 9.17) is 9.47 Å². The lowest BCUT2D eigenvalue weighted by Gasteiger charge is -2.23. The van der Waals surface area contributed by atoms with E-state index in [1.807, 2.05) is 6.92 Å². The van der Waals surface area contributed by atoms with Crippen molar-refractivity contribution in [3.63, 3.8) is 0 Å². The number of hydrogen-bond donors (Lipinski definition) is 1. The van der Waals surface area contributed by atoms with Gasteiger partial charge in [0.1, 0.15) is 29.7 Å². The molecule has 4 aromatic rings. The third-order valence-corrected chi connectivity index (χ3v) is 7.01. The second-order valence-corrected chi connectivity index (χ2v) is 9.41. The van der Waals surface area contributed by atoms with Crippen molar-refractivity contribution in [3.8, 4) is 11.5 Å². The molecule has 3 aromatic carbocycles. The third-order valence-electron chi connectivity index (χ3n) is 5.99. The molecule has 0 radical (unpaired) electrons. The molecule has 1 aliphatic rings. The quantitative estimate of drug-likeness (QED) is 0.130. The zero-order valence-electron chi connectivity index (χ0n) is 20.4. The van der Waals surface area contributed by atoms with Gasteiger partial charge in [0.05, 0.1) is 28.4 Å². The third kappa shape index (κ3) is 4.64. The van der Waals surface area contributed by atoms with E-state index < -0.39 is 23.5 Å². The minimum atomic E-state index is -0.972. The van der Waals surface area contributed by atoms with Crippen LogP contribution in [0.25, 0.3) is 16.0 Å². The van der Waals surface area contributed by atoms with E-state index in [2.05, 4.69) is 11.6 Å². The van der Waals surface area contributed by atoms with Gasteiger partial charge in [0.15, 0.2) is 5.13 Å². The Bertz CT molecular complexity index is 1560. The first-order valence-electron chi connectivity index (χ1n) is 11.8. The molecule has 0 spiro atoms. The van der Waals surface area contributed by atoms with Crippen LogP contribution in [0.3, 0.4) is 0 Å². The highest BCUT2D eigenvalue weighted by molar-refractivity contribution is 7.22. The van der Waals surface area contributed by atoms with E-state index >= 15 is 0 Å². The van der Waals surface area contributed by atoms with Crippen LogP contribution in [0.1, 0.15) is 24.1 Å². The van der Waals surface area contributed by atoms with Crippen LogP contribution in [-0.2, 0) is 9.59 Å². The number of aliphatic hydroxyl groups excluding tert-OH is 1. The van der Waals surface area contributed by atoms with Crippen molar-refractivity contribution in [2.75, 3.05) is 18.1 Å². The van der Waals surface area contributed by atoms with E-state index in [1.165, 1.54) is 23.1 Å². The Labute approximate surface area is 222 Å². The number of anilines is 1. The molecule has 2 heterocycles. The van der Waals surface area contributed by atoms with Gasteiger partial charge in [-0.15, -0.1) is 0 Å². The smallest absolute Gasteiger partial charge is 0.301 e. The first-order chi connectivity index (χ1) is 18.4. The molecule has 1 amide bonds. The van der Waals surface area contributed by atoms with Crippen molar-refractivity contribution in [1.29, 1.82) is 0 Å². The Morgan fingerprint density at radius 3 is 2.45 bits per heavy atom. The standard InChI is InChI=1S/C29H23FN2O5S/c1-3-15-37-21-10-5-17(6-11-21)25-24(26(33)18-7-12-20(13-8-18)36-4-2)27(34)28(35)32(25)29-31-22-14-9-19(30)16-23(22)38-29/h3,5-14,16,25,33H,1,4,15H2,2H3/b26-24+. The fourth-order valence-electron chi connectivity index (χ4n) is 4.27. The second-order valence-electron chi connectivity index (χ2n) is 8.40. The van der Waals surface area contributed by atoms with Crippen LogP contribution in [-0.4, -0.2) is 35.0 Å². The molecule has 1 unspecified atom stereocenters. The number of rotatable bonds is 8. The Hall–Kier alpha value is -4.50. The summed E-state index contributed by atoms with van der Waals surface area (Å²) in [7, 11) is 0. The van der Waals surface area contributed by atoms with Gasteiger partial charge in [-0.2, -0.15) is 0 Å². The highest BCUT2D eigenvalue weighted by atomic mass is 32.1. The van der Waals surface area contributed by atoms with Crippen LogP contribution in [0.15, 0.2) is 85.0 Å². The van der Waals surface area contributed by atoms with E-state index in [0.29, 0.717) is 46.1 Å².